The van der Waals surface area contributed by atoms with Crippen molar-refractivity contribution in [1.29, 1.82) is 0 Å². The molecule has 0 aromatic rings. The number of hydrogen-bond donors (Lipinski definition) is 0. The Hall–Kier alpha value is 0.215. The Morgan fingerprint density at radius 2 is 0.833 bits per heavy atom. The molecule has 0 saturated heterocycles. The van der Waals surface area contributed by atoms with E-state index in [-0.39, 0.29) is 27.2 Å². The summed E-state index contributed by atoms with van der Waals surface area (Å²) in [7, 11) is 0.422. The third kappa shape index (κ3) is 25.2. The van der Waals surface area contributed by atoms with Gasteiger partial charge in [0.15, 0.2) is 0 Å². The maximum Gasteiger partial charge on any atom is 3.00 e. The van der Waals surface area contributed by atoms with E-state index in [1.54, 1.807) is 18.5 Å². The van der Waals surface area contributed by atoms with Gasteiger partial charge < -0.3 is 14.1 Å². The summed E-state index contributed by atoms with van der Waals surface area (Å²) < 4.78 is 0. The fraction of sp³-hybridized carbons (Fsp3) is 1.00. The second-order valence-corrected chi connectivity index (χ2v) is 6.59. The summed E-state index contributed by atoms with van der Waals surface area (Å²) in [4.78, 5) is 0. The largest absolute Gasteiger partial charge is 3.00 e. The van der Waals surface area contributed by atoms with Crippen LogP contribution in [0.3, 0.4) is 0 Å². The van der Waals surface area contributed by atoms with Crippen LogP contribution in [0.25, 0.3) is 0 Å². The number of unbranched alkanes of at least 4 members (excludes halogenated alkanes) is 3. The normalized spacial score (nSPS) is 8.00. The van der Waals surface area contributed by atoms with Crippen LogP contribution in [0.4, 0.5) is 4.70 Å². The van der Waals surface area contributed by atoms with Crippen molar-refractivity contribution in [2.24, 2.45) is 0 Å². The smallest absolute Gasteiger partial charge is 1.00 e. The minimum atomic E-state index is 0. The zero-order chi connectivity index (χ0) is 9.94. The van der Waals surface area contributed by atoms with Crippen molar-refractivity contribution in [3.8, 4) is 0 Å². The van der Waals surface area contributed by atoms with Crippen LogP contribution in [0.5, 0.6) is 0 Å². The zero-order valence-electron chi connectivity index (χ0n) is 11.9. The molecule has 0 unspecified atom stereocenters. The Morgan fingerprint density at radius 3 is 1.00 bits per heavy atom. The van der Waals surface area contributed by atoms with Gasteiger partial charge in [0.05, 0.1) is 0 Å². The average molecular weight is 290 g/mol. The quantitative estimate of drug-likeness (QED) is 0.229. The van der Waals surface area contributed by atoms with Gasteiger partial charge in [0.1, 0.15) is 0 Å². The Bertz CT molecular complexity index is 91.1. The fourth-order valence-electron chi connectivity index (χ4n) is 1.48. The average Bonchev–Trinajstić information content (AvgIpc) is 2.17. The van der Waals surface area contributed by atoms with E-state index in [0.717, 1.165) is 0 Å². The molecule has 0 rings (SSSR count). The second-order valence-electron chi connectivity index (χ2n) is 3.90. The monoisotopic (exact) mass is 290 g/mol. The molecule has 0 amide bonds. The van der Waals surface area contributed by atoms with Crippen LogP contribution in [0, 0.1) is 0 Å². The van der Waals surface area contributed by atoms with E-state index >= 15 is 0 Å². The van der Waals surface area contributed by atoms with Crippen LogP contribution in [0.15, 0.2) is 0 Å². The van der Waals surface area contributed by atoms with Gasteiger partial charge in [-0.2, -0.15) is 0 Å². The molecule has 18 heavy (non-hydrogen) atoms. The molecule has 0 fully saturated rings. The molecular weight excluding hydrogens is 262 g/mol. The molecule has 0 bridgehead atoms. The van der Waals surface area contributed by atoms with Crippen molar-refractivity contribution in [3.63, 3.8) is 0 Å². The van der Waals surface area contributed by atoms with E-state index in [9.17, 15) is 0 Å². The Labute approximate surface area is 113 Å². The molecule has 0 aliphatic heterocycles. The van der Waals surface area contributed by atoms with E-state index in [4.69, 9.17) is 0 Å². The van der Waals surface area contributed by atoms with Crippen LogP contribution in [0.2, 0.25) is 0 Å². The predicted molar refractivity (Wildman–Crippen MR) is 74.5 cm³/mol. The Balaban J connectivity index is -0.0000000720. The van der Waals surface area contributed by atoms with Gasteiger partial charge >= 0.3 is 8.41 Å². The van der Waals surface area contributed by atoms with Gasteiger partial charge in [-0.3, -0.25) is 4.70 Å². The van der Waals surface area contributed by atoms with Gasteiger partial charge in [-0.25, -0.2) is 0 Å². The standard InChI is InChI=1S/C12H27P.B.4FH/c1-4-7-10-13(11-8-5-2)12-9-6-3;;;;;/h4-12H2,1-3H3;;4*1H/q;+3;;;;/p-3. The molecule has 0 spiro atoms. The molecule has 0 aliphatic carbocycles. The van der Waals surface area contributed by atoms with E-state index in [1.165, 1.54) is 38.5 Å². The van der Waals surface area contributed by atoms with Gasteiger partial charge in [-0.15, -0.1) is 7.92 Å². The second kappa shape index (κ2) is 30.3. The first-order valence-electron chi connectivity index (χ1n) is 6.07. The SMILES string of the molecule is CCCCP(CCCC)CCCC.F.[B+3].[F-].[F-].[F-]. The number of hydrogen-bond acceptors (Lipinski definition) is 0. The van der Waals surface area contributed by atoms with Gasteiger partial charge in [0.2, 0.25) is 0 Å². The molecular formula is C12H28BF4P. The van der Waals surface area contributed by atoms with Gasteiger partial charge in [0, 0.05) is 0 Å². The maximum absolute atomic E-state index is 2.31. The minimum absolute atomic E-state index is 0. The van der Waals surface area contributed by atoms with E-state index < -0.39 is 0 Å². The first kappa shape index (κ1) is 36.2. The number of halogens is 4. The van der Waals surface area contributed by atoms with E-state index in [1.807, 2.05) is 0 Å². The molecule has 0 nitrogen and oxygen atoms in total. The van der Waals surface area contributed by atoms with Gasteiger partial charge in [0.25, 0.3) is 0 Å². The molecule has 0 aromatic heterocycles. The van der Waals surface area contributed by atoms with Crippen molar-refractivity contribution < 1.29 is 18.8 Å². The summed E-state index contributed by atoms with van der Waals surface area (Å²) in [5, 5.41) is 0. The molecule has 0 heterocycles. The third-order valence-corrected chi connectivity index (χ3v) is 5.33. The molecule has 112 valence electrons. The zero-order valence-corrected chi connectivity index (χ0v) is 12.8. The fourth-order valence-corrected chi connectivity index (χ4v) is 4.44. The van der Waals surface area contributed by atoms with Crippen LogP contribution in [0.1, 0.15) is 59.3 Å². The van der Waals surface area contributed by atoms with Crippen LogP contribution >= 0.6 is 7.92 Å². The molecule has 0 atom stereocenters. The molecule has 0 N–H and O–H groups in total. The van der Waals surface area contributed by atoms with Crippen molar-refractivity contribution in [3.05, 3.63) is 0 Å². The topological polar surface area (TPSA) is 0 Å². The molecule has 6 heteroatoms. The Kier molecular flexibility index (Phi) is 61.0. The van der Waals surface area contributed by atoms with Crippen LogP contribution < -0.4 is 14.1 Å². The maximum atomic E-state index is 2.31. The molecule has 0 aliphatic rings. The minimum Gasteiger partial charge on any atom is -1.00 e. The molecule has 0 aromatic carbocycles. The van der Waals surface area contributed by atoms with Crippen molar-refractivity contribution in [2.75, 3.05) is 18.5 Å². The summed E-state index contributed by atoms with van der Waals surface area (Å²) in [6, 6.07) is 0. The summed E-state index contributed by atoms with van der Waals surface area (Å²) >= 11 is 0. The molecule has 0 saturated carbocycles. The van der Waals surface area contributed by atoms with Gasteiger partial charge in [-0.1, -0.05) is 40.0 Å². The molecule has 0 radical (unpaired) electrons. The van der Waals surface area contributed by atoms with Crippen molar-refractivity contribution in [2.45, 2.75) is 59.3 Å². The van der Waals surface area contributed by atoms with E-state index in [2.05, 4.69) is 20.8 Å². The van der Waals surface area contributed by atoms with Crippen LogP contribution in [-0.2, 0) is 0 Å². The first-order chi connectivity index (χ1) is 6.35. The Morgan fingerprint density at radius 1 is 0.611 bits per heavy atom. The summed E-state index contributed by atoms with van der Waals surface area (Å²) in [5.41, 5.74) is 0. The summed E-state index contributed by atoms with van der Waals surface area (Å²) in [6.07, 6.45) is 13.2. The summed E-state index contributed by atoms with van der Waals surface area (Å²) in [6.45, 7) is 6.94. The van der Waals surface area contributed by atoms with Crippen molar-refractivity contribution in [1.82, 2.24) is 0 Å². The number of rotatable bonds is 9. The van der Waals surface area contributed by atoms with E-state index in [0.29, 0.717) is 7.92 Å². The van der Waals surface area contributed by atoms with Gasteiger partial charge in [-0.05, 0) is 37.7 Å². The van der Waals surface area contributed by atoms with Crippen LogP contribution in [-0.4, -0.2) is 26.9 Å². The first-order valence-corrected chi connectivity index (χ1v) is 7.97. The van der Waals surface area contributed by atoms with Crippen molar-refractivity contribution >= 4 is 16.3 Å². The predicted octanol–water partition coefficient (Wildman–Crippen LogP) is -4.35. The third-order valence-electron chi connectivity index (χ3n) is 2.48. The summed E-state index contributed by atoms with van der Waals surface area (Å²) in [5.74, 6) is 0.